The lowest BCUT2D eigenvalue weighted by atomic mass is 10.0. The molecule has 2 aliphatic heterocycles. The first kappa shape index (κ1) is 18.6. The third-order valence-electron chi connectivity index (χ3n) is 5.31. The van der Waals surface area contributed by atoms with E-state index in [1.165, 1.54) is 10.6 Å². The SMILES string of the molecule is CS(=O)(=O)N1CCCCC1C(=O)N1CCN(c2nc3ccccc3s2)CC1. The molecule has 0 saturated carbocycles. The minimum absolute atomic E-state index is 0.0518. The maximum absolute atomic E-state index is 13.0. The van der Waals surface area contributed by atoms with E-state index in [9.17, 15) is 13.2 Å². The second-order valence-electron chi connectivity index (χ2n) is 7.16. The molecule has 146 valence electrons. The van der Waals surface area contributed by atoms with E-state index in [-0.39, 0.29) is 5.91 Å². The van der Waals surface area contributed by atoms with Gasteiger partial charge in [0.15, 0.2) is 5.13 Å². The van der Waals surface area contributed by atoms with E-state index >= 15 is 0 Å². The largest absolute Gasteiger partial charge is 0.345 e. The molecule has 2 aromatic rings. The van der Waals surface area contributed by atoms with Crippen molar-refractivity contribution in [2.45, 2.75) is 25.3 Å². The number of nitrogens with zero attached hydrogens (tertiary/aromatic N) is 4. The average Bonchev–Trinajstić information content (AvgIpc) is 3.11. The number of para-hydroxylation sites is 1. The predicted molar refractivity (Wildman–Crippen MR) is 108 cm³/mol. The summed E-state index contributed by atoms with van der Waals surface area (Å²) < 4.78 is 26.6. The third kappa shape index (κ3) is 3.81. The molecule has 0 aliphatic carbocycles. The van der Waals surface area contributed by atoms with Gasteiger partial charge in [-0.1, -0.05) is 29.9 Å². The van der Waals surface area contributed by atoms with Gasteiger partial charge in [0.05, 0.1) is 16.5 Å². The summed E-state index contributed by atoms with van der Waals surface area (Å²) in [4.78, 5) is 21.7. The van der Waals surface area contributed by atoms with Crippen LogP contribution in [0.4, 0.5) is 5.13 Å². The Morgan fingerprint density at radius 3 is 2.56 bits per heavy atom. The first-order chi connectivity index (χ1) is 12.9. The highest BCUT2D eigenvalue weighted by Gasteiger charge is 2.37. The Bertz CT molecular complexity index is 902. The molecule has 9 heteroatoms. The predicted octanol–water partition coefficient (Wildman–Crippen LogP) is 1.76. The molecule has 1 amide bonds. The van der Waals surface area contributed by atoms with Gasteiger partial charge in [-0.05, 0) is 25.0 Å². The van der Waals surface area contributed by atoms with Crippen LogP contribution >= 0.6 is 11.3 Å². The highest BCUT2D eigenvalue weighted by atomic mass is 32.2. The molecular weight excluding hydrogens is 384 g/mol. The van der Waals surface area contributed by atoms with Crippen LogP contribution in [0.5, 0.6) is 0 Å². The van der Waals surface area contributed by atoms with Gasteiger partial charge in [-0.25, -0.2) is 13.4 Å². The monoisotopic (exact) mass is 408 g/mol. The quantitative estimate of drug-likeness (QED) is 0.774. The molecule has 2 saturated heterocycles. The number of sulfonamides is 1. The highest BCUT2D eigenvalue weighted by Crippen LogP contribution is 2.29. The van der Waals surface area contributed by atoms with Crippen molar-refractivity contribution in [2.75, 3.05) is 43.9 Å². The zero-order valence-electron chi connectivity index (χ0n) is 15.4. The first-order valence-corrected chi connectivity index (χ1v) is 12.0. The lowest BCUT2D eigenvalue weighted by Gasteiger charge is -2.39. The summed E-state index contributed by atoms with van der Waals surface area (Å²) in [7, 11) is -3.36. The second kappa shape index (κ2) is 7.37. The lowest BCUT2D eigenvalue weighted by Crippen LogP contribution is -2.57. The molecule has 1 atom stereocenters. The number of hydrogen-bond donors (Lipinski definition) is 0. The number of carbonyl (C=O) groups excluding carboxylic acids is 1. The number of thiazole rings is 1. The first-order valence-electron chi connectivity index (χ1n) is 9.29. The summed E-state index contributed by atoms with van der Waals surface area (Å²) in [6.45, 7) is 3.08. The molecule has 1 unspecified atom stereocenters. The van der Waals surface area contributed by atoms with Gasteiger partial charge >= 0.3 is 0 Å². The van der Waals surface area contributed by atoms with Crippen LogP contribution in [0.25, 0.3) is 10.2 Å². The summed E-state index contributed by atoms with van der Waals surface area (Å²) in [5, 5.41) is 0.985. The van der Waals surface area contributed by atoms with Crippen LogP contribution in [0, 0.1) is 0 Å². The van der Waals surface area contributed by atoms with Gasteiger partial charge in [-0.15, -0.1) is 0 Å². The Morgan fingerprint density at radius 1 is 1.11 bits per heavy atom. The van der Waals surface area contributed by atoms with Crippen molar-refractivity contribution in [1.82, 2.24) is 14.2 Å². The number of hydrogen-bond acceptors (Lipinski definition) is 6. The van der Waals surface area contributed by atoms with E-state index in [1.807, 2.05) is 23.1 Å². The molecule has 7 nitrogen and oxygen atoms in total. The normalized spacial score (nSPS) is 22.3. The van der Waals surface area contributed by atoms with Crippen LogP contribution < -0.4 is 4.90 Å². The van der Waals surface area contributed by atoms with Gasteiger partial charge in [0.1, 0.15) is 6.04 Å². The summed E-state index contributed by atoms with van der Waals surface area (Å²) in [6.07, 6.45) is 3.53. The molecule has 2 aliphatic rings. The molecule has 1 aromatic heterocycles. The number of piperidine rings is 1. The number of amides is 1. The van der Waals surface area contributed by atoms with Crippen molar-refractivity contribution < 1.29 is 13.2 Å². The van der Waals surface area contributed by atoms with Crippen molar-refractivity contribution in [3.8, 4) is 0 Å². The maximum Gasteiger partial charge on any atom is 0.241 e. The van der Waals surface area contributed by atoms with Gasteiger partial charge in [0, 0.05) is 32.7 Å². The molecule has 4 rings (SSSR count). The summed E-state index contributed by atoms with van der Waals surface area (Å²) in [6, 6.07) is 7.54. The average molecular weight is 409 g/mol. The summed E-state index contributed by atoms with van der Waals surface area (Å²) >= 11 is 1.67. The topological polar surface area (TPSA) is 73.8 Å². The zero-order chi connectivity index (χ0) is 19.0. The van der Waals surface area contributed by atoms with Gasteiger partial charge in [0.25, 0.3) is 0 Å². The Hall–Kier alpha value is -1.71. The minimum atomic E-state index is -3.36. The van der Waals surface area contributed by atoms with Crippen LogP contribution in [0.1, 0.15) is 19.3 Å². The van der Waals surface area contributed by atoms with Crippen molar-refractivity contribution >= 4 is 42.6 Å². The molecule has 0 bridgehead atoms. The van der Waals surface area contributed by atoms with E-state index in [1.54, 1.807) is 11.3 Å². The smallest absolute Gasteiger partial charge is 0.241 e. The Balaban J connectivity index is 1.43. The zero-order valence-corrected chi connectivity index (χ0v) is 17.0. The highest BCUT2D eigenvalue weighted by molar-refractivity contribution is 7.88. The Morgan fingerprint density at radius 2 is 1.85 bits per heavy atom. The molecule has 2 fully saturated rings. The van der Waals surface area contributed by atoms with Crippen LogP contribution in [0.15, 0.2) is 24.3 Å². The molecule has 0 N–H and O–H groups in total. The van der Waals surface area contributed by atoms with Gasteiger partial charge < -0.3 is 9.80 Å². The number of rotatable bonds is 3. The molecule has 27 heavy (non-hydrogen) atoms. The molecule has 0 spiro atoms. The van der Waals surface area contributed by atoms with Crippen molar-refractivity contribution in [3.05, 3.63) is 24.3 Å². The van der Waals surface area contributed by atoms with E-state index < -0.39 is 16.1 Å². The van der Waals surface area contributed by atoms with Gasteiger partial charge in [-0.3, -0.25) is 4.79 Å². The van der Waals surface area contributed by atoms with Crippen molar-refractivity contribution in [3.63, 3.8) is 0 Å². The summed E-state index contributed by atoms with van der Waals surface area (Å²) in [5.74, 6) is -0.0518. The maximum atomic E-state index is 13.0. The molecule has 1 aromatic carbocycles. The van der Waals surface area contributed by atoms with E-state index in [4.69, 9.17) is 4.98 Å². The van der Waals surface area contributed by atoms with Gasteiger partial charge in [-0.2, -0.15) is 4.31 Å². The molecular formula is C18H24N4O3S2. The Kier molecular flexibility index (Phi) is 5.09. The fourth-order valence-corrected chi connectivity index (χ4v) is 6.01. The fourth-order valence-electron chi connectivity index (χ4n) is 3.87. The van der Waals surface area contributed by atoms with Crippen molar-refractivity contribution in [1.29, 1.82) is 0 Å². The number of fused-ring (bicyclic) bond motifs is 1. The number of piperazine rings is 1. The van der Waals surface area contributed by atoms with Crippen LogP contribution in [0.2, 0.25) is 0 Å². The number of aromatic nitrogens is 1. The van der Waals surface area contributed by atoms with E-state index in [2.05, 4.69) is 11.0 Å². The van der Waals surface area contributed by atoms with Crippen LogP contribution in [-0.2, 0) is 14.8 Å². The third-order valence-corrected chi connectivity index (χ3v) is 7.70. The number of carbonyl (C=O) groups is 1. The Labute approximate surface area is 163 Å². The lowest BCUT2D eigenvalue weighted by molar-refractivity contribution is -0.136. The molecule has 0 radical (unpaired) electrons. The number of anilines is 1. The second-order valence-corrected chi connectivity index (χ2v) is 10.1. The fraction of sp³-hybridized carbons (Fsp3) is 0.556. The van der Waals surface area contributed by atoms with Crippen LogP contribution in [0.3, 0.4) is 0 Å². The standard InChI is InChI=1S/C18H24N4O3S2/c1-27(24,25)22-9-5-4-7-15(22)17(23)20-10-12-21(13-11-20)18-19-14-6-2-3-8-16(14)26-18/h2-3,6,8,15H,4-5,7,9-13H2,1H3. The minimum Gasteiger partial charge on any atom is -0.345 e. The molecule has 3 heterocycles. The van der Waals surface area contributed by atoms with E-state index in [0.717, 1.165) is 41.3 Å². The summed E-state index contributed by atoms with van der Waals surface area (Å²) in [5.41, 5.74) is 1.00. The van der Waals surface area contributed by atoms with E-state index in [0.29, 0.717) is 26.1 Å². The van der Waals surface area contributed by atoms with Crippen LogP contribution in [-0.4, -0.2) is 73.5 Å². The van der Waals surface area contributed by atoms with Crippen molar-refractivity contribution in [2.24, 2.45) is 0 Å². The van der Waals surface area contributed by atoms with Gasteiger partial charge in [0.2, 0.25) is 15.9 Å². The number of benzene rings is 1.